The van der Waals surface area contributed by atoms with E-state index < -0.39 is 0 Å². The zero-order valence-electron chi connectivity index (χ0n) is 11.9. The van der Waals surface area contributed by atoms with Crippen LogP contribution in [0.15, 0.2) is 23.2 Å². The van der Waals surface area contributed by atoms with Gasteiger partial charge in [0.05, 0.1) is 12.1 Å². The lowest BCUT2D eigenvalue weighted by molar-refractivity contribution is 0.257. The van der Waals surface area contributed by atoms with Crippen molar-refractivity contribution in [3.05, 3.63) is 23.8 Å². The van der Waals surface area contributed by atoms with Gasteiger partial charge in [0.25, 0.3) is 0 Å². The van der Waals surface area contributed by atoms with E-state index in [1.165, 1.54) is 0 Å². The van der Waals surface area contributed by atoms with E-state index >= 15 is 0 Å². The lowest BCUT2D eigenvalue weighted by Gasteiger charge is -2.07. The van der Waals surface area contributed by atoms with E-state index in [-0.39, 0.29) is 18.5 Å². The molecule has 0 fully saturated rings. The molecule has 1 aromatic carbocycles. The van der Waals surface area contributed by atoms with Crippen LogP contribution in [0, 0.1) is 12.8 Å². The number of benzene rings is 1. The highest BCUT2D eigenvalue weighted by Gasteiger charge is 2.07. The van der Waals surface area contributed by atoms with Gasteiger partial charge in [0.2, 0.25) is 5.95 Å². The second-order valence-corrected chi connectivity index (χ2v) is 4.94. The largest absolute Gasteiger partial charge is 0.396 e. The number of hydrogen-bond donors (Lipinski definition) is 2. The topological polar surface area (TPSA) is 84.4 Å². The fourth-order valence-corrected chi connectivity index (χ4v) is 2.10. The number of nitrogen functional groups attached to an aromatic ring is 1. The Bertz CT molecular complexity index is 625. The van der Waals surface area contributed by atoms with Crippen LogP contribution in [0.2, 0.25) is 0 Å². The summed E-state index contributed by atoms with van der Waals surface area (Å²) < 4.78 is 0. The molecule has 0 radical (unpaired) electrons. The molecule has 1 atom stereocenters. The fourth-order valence-electron chi connectivity index (χ4n) is 2.10. The van der Waals surface area contributed by atoms with Crippen molar-refractivity contribution in [3.8, 4) is 0 Å². The van der Waals surface area contributed by atoms with Crippen molar-refractivity contribution in [2.75, 3.05) is 12.3 Å². The molecule has 0 aliphatic carbocycles. The molecule has 106 valence electrons. The SMILES string of the molecule is CCC[C@H](C=Nc1nc(N)nc2ccc(C)cc12)CO. The highest BCUT2D eigenvalue weighted by molar-refractivity contribution is 5.90. The number of rotatable bonds is 5. The number of anilines is 1. The first-order valence-electron chi connectivity index (χ1n) is 6.83. The van der Waals surface area contributed by atoms with Crippen LogP contribution in [0.5, 0.6) is 0 Å². The second kappa shape index (κ2) is 6.43. The van der Waals surface area contributed by atoms with Crippen LogP contribution in [0.3, 0.4) is 0 Å². The number of nitrogens with zero attached hydrogens (tertiary/aromatic N) is 3. The Morgan fingerprint density at radius 3 is 2.90 bits per heavy atom. The van der Waals surface area contributed by atoms with Crippen LogP contribution in [-0.4, -0.2) is 27.9 Å². The van der Waals surface area contributed by atoms with Crippen molar-refractivity contribution >= 4 is 28.9 Å². The summed E-state index contributed by atoms with van der Waals surface area (Å²) in [6.07, 6.45) is 3.66. The Morgan fingerprint density at radius 2 is 2.20 bits per heavy atom. The Morgan fingerprint density at radius 1 is 1.40 bits per heavy atom. The second-order valence-electron chi connectivity index (χ2n) is 4.94. The number of aliphatic hydroxyl groups excluding tert-OH is 1. The average Bonchev–Trinajstić information content (AvgIpc) is 2.43. The van der Waals surface area contributed by atoms with Crippen molar-refractivity contribution in [1.82, 2.24) is 9.97 Å². The van der Waals surface area contributed by atoms with Gasteiger partial charge in [-0.3, -0.25) is 0 Å². The van der Waals surface area contributed by atoms with E-state index in [1.807, 2.05) is 25.1 Å². The summed E-state index contributed by atoms with van der Waals surface area (Å²) >= 11 is 0. The summed E-state index contributed by atoms with van der Waals surface area (Å²) in [5.41, 5.74) is 7.62. The van der Waals surface area contributed by atoms with Crippen LogP contribution in [0.4, 0.5) is 11.8 Å². The summed E-state index contributed by atoms with van der Waals surface area (Å²) in [6, 6.07) is 5.89. The molecule has 2 aromatic rings. The third-order valence-corrected chi connectivity index (χ3v) is 3.15. The number of aromatic nitrogens is 2. The molecular weight excluding hydrogens is 252 g/mol. The van der Waals surface area contributed by atoms with Crippen LogP contribution in [0.25, 0.3) is 10.9 Å². The maximum absolute atomic E-state index is 9.30. The van der Waals surface area contributed by atoms with Crippen molar-refractivity contribution < 1.29 is 5.11 Å². The van der Waals surface area contributed by atoms with Gasteiger partial charge in [0.1, 0.15) is 0 Å². The summed E-state index contributed by atoms with van der Waals surface area (Å²) in [4.78, 5) is 12.8. The summed E-state index contributed by atoms with van der Waals surface area (Å²) in [7, 11) is 0. The molecule has 0 aliphatic rings. The van der Waals surface area contributed by atoms with Crippen LogP contribution < -0.4 is 5.73 Å². The molecule has 5 nitrogen and oxygen atoms in total. The molecule has 1 aromatic heterocycles. The third-order valence-electron chi connectivity index (χ3n) is 3.15. The van der Waals surface area contributed by atoms with Gasteiger partial charge in [0.15, 0.2) is 5.82 Å². The molecule has 2 rings (SSSR count). The predicted molar refractivity (Wildman–Crippen MR) is 82.3 cm³/mol. The first kappa shape index (κ1) is 14.4. The van der Waals surface area contributed by atoms with Gasteiger partial charge >= 0.3 is 0 Å². The highest BCUT2D eigenvalue weighted by atomic mass is 16.3. The standard InChI is InChI=1S/C15H20N4O/c1-3-4-11(9-20)8-17-14-12-7-10(2)5-6-13(12)18-15(16)19-14/h5-8,11,20H,3-4,9H2,1-2H3,(H2,16,18,19)/t11-/m1/s1. The van der Waals surface area contributed by atoms with Gasteiger partial charge in [-0.05, 0) is 25.5 Å². The molecule has 0 saturated carbocycles. The minimum Gasteiger partial charge on any atom is -0.396 e. The van der Waals surface area contributed by atoms with Crippen molar-refractivity contribution in [1.29, 1.82) is 0 Å². The van der Waals surface area contributed by atoms with Gasteiger partial charge in [0, 0.05) is 17.5 Å². The number of nitrogens with two attached hydrogens (primary N) is 1. The Labute approximate surface area is 118 Å². The number of aryl methyl sites for hydroxylation is 1. The molecule has 0 unspecified atom stereocenters. The molecule has 5 heteroatoms. The van der Waals surface area contributed by atoms with Crippen molar-refractivity contribution in [2.24, 2.45) is 10.9 Å². The molecule has 0 bridgehead atoms. The summed E-state index contributed by atoms with van der Waals surface area (Å²) in [6.45, 7) is 4.18. The first-order valence-corrected chi connectivity index (χ1v) is 6.83. The Kier molecular flexibility index (Phi) is 4.63. The van der Waals surface area contributed by atoms with Gasteiger partial charge in [-0.2, -0.15) is 4.98 Å². The highest BCUT2D eigenvalue weighted by Crippen LogP contribution is 2.24. The van der Waals surface area contributed by atoms with Gasteiger partial charge < -0.3 is 10.8 Å². The van der Waals surface area contributed by atoms with E-state index in [2.05, 4.69) is 21.9 Å². The maximum atomic E-state index is 9.30. The lowest BCUT2D eigenvalue weighted by Crippen LogP contribution is -2.06. The van der Waals surface area contributed by atoms with Gasteiger partial charge in [-0.25, -0.2) is 9.98 Å². The van der Waals surface area contributed by atoms with Crippen LogP contribution in [-0.2, 0) is 0 Å². The number of aliphatic imine (C=N–C) groups is 1. The molecule has 0 spiro atoms. The summed E-state index contributed by atoms with van der Waals surface area (Å²) in [5, 5.41) is 10.2. The lowest BCUT2D eigenvalue weighted by atomic mass is 10.1. The number of aliphatic hydroxyl groups is 1. The average molecular weight is 272 g/mol. The van der Waals surface area contributed by atoms with Crippen LogP contribution in [0.1, 0.15) is 25.3 Å². The Balaban J connectivity index is 2.42. The summed E-state index contributed by atoms with van der Waals surface area (Å²) in [5.74, 6) is 0.825. The number of fused-ring (bicyclic) bond motifs is 1. The van der Waals surface area contributed by atoms with E-state index in [9.17, 15) is 5.11 Å². The van der Waals surface area contributed by atoms with E-state index in [0.717, 1.165) is 29.3 Å². The van der Waals surface area contributed by atoms with E-state index in [0.29, 0.717) is 5.82 Å². The minimum absolute atomic E-state index is 0.0519. The molecule has 3 N–H and O–H groups in total. The van der Waals surface area contributed by atoms with Gasteiger partial charge in [-0.1, -0.05) is 25.0 Å². The minimum atomic E-state index is 0.0519. The molecule has 0 aliphatic heterocycles. The molecule has 0 amide bonds. The third kappa shape index (κ3) is 3.30. The molecule has 0 saturated heterocycles. The van der Waals surface area contributed by atoms with Crippen molar-refractivity contribution in [2.45, 2.75) is 26.7 Å². The maximum Gasteiger partial charge on any atom is 0.222 e. The molecule has 1 heterocycles. The molecule has 20 heavy (non-hydrogen) atoms. The molecular formula is C15H20N4O. The van der Waals surface area contributed by atoms with E-state index in [4.69, 9.17) is 5.73 Å². The van der Waals surface area contributed by atoms with Crippen LogP contribution >= 0.6 is 0 Å². The van der Waals surface area contributed by atoms with Gasteiger partial charge in [-0.15, -0.1) is 0 Å². The zero-order valence-corrected chi connectivity index (χ0v) is 11.9. The smallest absolute Gasteiger partial charge is 0.222 e. The predicted octanol–water partition coefficient (Wildman–Crippen LogP) is 2.63. The zero-order chi connectivity index (χ0) is 14.5. The monoisotopic (exact) mass is 272 g/mol. The van der Waals surface area contributed by atoms with Crippen molar-refractivity contribution in [3.63, 3.8) is 0 Å². The Hall–Kier alpha value is -2.01. The quantitative estimate of drug-likeness (QED) is 0.819. The fraction of sp³-hybridized carbons (Fsp3) is 0.400. The first-order chi connectivity index (χ1) is 9.63. The number of hydrogen-bond acceptors (Lipinski definition) is 5. The van der Waals surface area contributed by atoms with E-state index in [1.54, 1.807) is 6.21 Å². The normalized spacial score (nSPS) is 13.2.